The fourth-order valence-electron chi connectivity index (χ4n) is 2.42. The molecule has 2 aromatic carbocycles. The quantitative estimate of drug-likeness (QED) is 0.473. The summed E-state index contributed by atoms with van der Waals surface area (Å²) in [6.45, 7) is 1.79. The summed E-state index contributed by atoms with van der Waals surface area (Å²) in [5.74, 6) is -0.221. The van der Waals surface area contributed by atoms with Crippen molar-refractivity contribution in [2.45, 2.75) is 16.0 Å². The van der Waals surface area contributed by atoms with E-state index in [0.717, 1.165) is 4.21 Å². The van der Waals surface area contributed by atoms with E-state index in [9.17, 15) is 13.2 Å². The van der Waals surface area contributed by atoms with Gasteiger partial charge in [-0.15, -0.1) is 0 Å². The fourth-order valence-corrected chi connectivity index (χ4v) is 5.42. The molecule has 3 rings (SSSR count). The minimum atomic E-state index is -3.91. The van der Waals surface area contributed by atoms with E-state index in [1.807, 2.05) is 6.07 Å². The summed E-state index contributed by atoms with van der Waals surface area (Å²) in [7, 11) is -3.91. The lowest BCUT2D eigenvalue weighted by Crippen LogP contribution is -2.18. The molecule has 0 fully saturated rings. The van der Waals surface area contributed by atoms with Gasteiger partial charge in [-0.2, -0.15) is 5.26 Å². The van der Waals surface area contributed by atoms with E-state index in [1.54, 1.807) is 19.1 Å². The zero-order valence-electron chi connectivity index (χ0n) is 15.5. The maximum Gasteiger partial charge on any atom is 0.261 e. The van der Waals surface area contributed by atoms with E-state index in [-0.39, 0.29) is 21.9 Å². The second-order valence-electron chi connectivity index (χ2n) is 5.90. The van der Waals surface area contributed by atoms with Crippen LogP contribution in [0.5, 0.6) is 0 Å². The molecule has 154 valence electrons. The number of nitrogens with one attached hydrogen (secondary N) is 2. The Labute approximate surface area is 187 Å². The molecule has 0 aliphatic heterocycles. The Morgan fingerprint density at radius 1 is 1.23 bits per heavy atom. The SMILES string of the molecule is Cc1nc(NC(=O)c2ccccc2NS(=O)(=O)c2ccc(Cl)cc2)sc1SCC#N. The van der Waals surface area contributed by atoms with Crippen LogP contribution in [0.15, 0.2) is 57.6 Å². The van der Waals surface area contributed by atoms with Gasteiger partial charge in [-0.05, 0) is 43.3 Å². The molecule has 0 unspecified atom stereocenters. The van der Waals surface area contributed by atoms with Crippen molar-refractivity contribution >= 4 is 61.4 Å². The smallest absolute Gasteiger partial charge is 0.261 e. The summed E-state index contributed by atoms with van der Waals surface area (Å²) in [6.07, 6.45) is 0. The van der Waals surface area contributed by atoms with Crippen LogP contribution in [0.25, 0.3) is 0 Å². The molecule has 0 saturated carbocycles. The summed E-state index contributed by atoms with van der Waals surface area (Å²) in [6, 6.07) is 14.0. The number of anilines is 2. The number of hydrogen-bond acceptors (Lipinski definition) is 7. The predicted octanol–water partition coefficient (Wildman–Crippen LogP) is 4.77. The van der Waals surface area contributed by atoms with E-state index in [2.05, 4.69) is 15.0 Å². The number of rotatable bonds is 7. The Morgan fingerprint density at radius 2 is 1.93 bits per heavy atom. The van der Waals surface area contributed by atoms with Gasteiger partial charge < -0.3 is 0 Å². The highest BCUT2D eigenvalue weighted by Gasteiger charge is 2.20. The maximum absolute atomic E-state index is 12.8. The lowest BCUT2D eigenvalue weighted by molar-refractivity contribution is 0.102. The molecule has 0 bridgehead atoms. The number of carbonyl (C=O) groups excluding carboxylic acids is 1. The van der Waals surface area contributed by atoms with Gasteiger partial charge >= 0.3 is 0 Å². The van der Waals surface area contributed by atoms with Crippen molar-refractivity contribution < 1.29 is 13.2 Å². The third-order valence-electron chi connectivity index (χ3n) is 3.78. The fraction of sp³-hybridized carbons (Fsp3) is 0.105. The van der Waals surface area contributed by atoms with Gasteiger partial charge in [0.1, 0.15) is 0 Å². The number of aryl methyl sites for hydroxylation is 1. The van der Waals surface area contributed by atoms with Crippen LogP contribution in [0.1, 0.15) is 16.1 Å². The number of hydrogen-bond donors (Lipinski definition) is 2. The number of para-hydroxylation sites is 1. The monoisotopic (exact) mass is 478 g/mol. The van der Waals surface area contributed by atoms with Gasteiger partial charge in [-0.3, -0.25) is 14.8 Å². The van der Waals surface area contributed by atoms with E-state index < -0.39 is 15.9 Å². The molecule has 1 heterocycles. The third kappa shape index (κ3) is 5.31. The minimum absolute atomic E-state index is 0.0248. The summed E-state index contributed by atoms with van der Waals surface area (Å²) >= 11 is 8.42. The van der Waals surface area contributed by atoms with Gasteiger partial charge in [0.2, 0.25) is 0 Å². The maximum atomic E-state index is 12.8. The lowest BCUT2D eigenvalue weighted by Gasteiger charge is -2.12. The van der Waals surface area contributed by atoms with Crippen LogP contribution in [0.4, 0.5) is 10.8 Å². The van der Waals surface area contributed by atoms with Crippen LogP contribution in [-0.2, 0) is 10.0 Å². The minimum Gasteiger partial charge on any atom is -0.298 e. The number of sulfonamides is 1. The number of benzene rings is 2. The number of carbonyl (C=O) groups is 1. The number of nitriles is 1. The number of thioether (sulfide) groups is 1. The molecule has 7 nitrogen and oxygen atoms in total. The van der Waals surface area contributed by atoms with Crippen molar-refractivity contribution in [2.24, 2.45) is 0 Å². The summed E-state index contributed by atoms with van der Waals surface area (Å²) in [5.41, 5.74) is 0.999. The molecule has 0 spiro atoms. The number of thiazole rings is 1. The third-order valence-corrected chi connectivity index (χ3v) is 7.72. The second kappa shape index (κ2) is 9.49. The van der Waals surface area contributed by atoms with Crippen LogP contribution >= 0.6 is 34.7 Å². The van der Waals surface area contributed by atoms with Crippen molar-refractivity contribution in [2.75, 3.05) is 15.8 Å². The first-order valence-corrected chi connectivity index (χ1v) is 12.1. The second-order valence-corrected chi connectivity index (χ2v) is 10.3. The van der Waals surface area contributed by atoms with Gasteiger partial charge in [-0.25, -0.2) is 13.4 Å². The van der Waals surface area contributed by atoms with Crippen LogP contribution in [-0.4, -0.2) is 25.1 Å². The Hall–Kier alpha value is -2.58. The molecule has 3 aromatic rings. The molecule has 1 aromatic heterocycles. The Morgan fingerprint density at radius 3 is 2.63 bits per heavy atom. The average molecular weight is 479 g/mol. The molecule has 0 radical (unpaired) electrons. The van der Waals surface area contributed by atoms with Gasteiger partial charge in [-0.1, -0.05) is 46.8 Å². The molecule has 0 aliphatic carbocycles. The molecular formula is C19H15ClN4O3S3. The normalized spacial score (nSPS) is 11.0. The van der Waals surface area contributed by atoms with Crippen molar-refractivity contribution in [3.63, 3.8) is 0 Å². The highest BCUT2D eigenvalue weighted by Crippen LogP contribution is 2.32. The van der Waals surface area contributed by atoms with Crippen LogP contribution in [0, 0.1) is 18.3 Å². The number of amides is 1. The first-order chi connectivity index (χ1) is 14.3. The Kier molecular flexibility index (Phi) is 6.99. The highest BCUT2D eigenvalue weighted by molar-refractivity contribution is 8.01. The van der Waals surface area contributed by atoms with Crippen LogP contribution in [0.2, 0.25) is 5.02 Å². The molecule has 0 saturated heterocycles. The molecule has 2 N–H and O–H groups in total. The van der Waals surface area contributed by atoms with Gasteiger partial charge in [0, 0.05) is 5.02 Å². The first kappa shape index (κ1) is 22.1. The van der Waals surface area contributed by atoms with E-state index >= 15 is 0 Å². The predicted molar refractivity (Wildman–Crippen MR) is 120 cm³/mol. The first-order valence-electron chi connectivity index (χ1n) is 8.46. The molecule has 0 atom stereocenters. The van der Waals surface area contributed by atoms with Gasteiger partial charge in [0.05, 0.1) is 37.9 Å². The topological polar surface area (TPSA) is 112 Å². The standard InChI is InChI=1S/C19H15ClN4O3S3/c1-12-18(28-11-10-21)29-19(22-12)23-17(25)15-4-2-3-5-16(15)24-30(26,27)14-8-6-13(20)7-9-14/h2-9,24H,11H2,1H3,(H,22,23,25). The molecule has 1 amide bonds. The summed E-state index contributed by atoms with van der Waals surface area (Å²) in [4.78, 5) is 17.1. The van der Waals surface area contributed by atoms with Crippen LogP contribution < -0.4 is 10.0 Å². The summed E-state index contributed by atoms with van der Waals surface area (Å²) < 4.78 is 28.6. The Bertz CT molecular complexity index is 1220. The van der Waals surface area contributed by atoms with Crippen molar-refractivity contribution in [3.8, 4) is 6.07 Å². The van der Waals surface area contributed by atoms with E-state index in [4.69, 9.17) is 16.9 Å². The zero-order valence-corrected chi connectivity index (χ0v) is 18.8. The van der Waals surface area contributed by atoms with Crippen LogP contribution in [0.3, 0.4) is 0 Å². The van der Waals surface area contributed by atoms with E-state index in [1.165, 1.54) is 59.5 Å². The number of nitrogens with zero attached hydrogens (tertiary/aromatic N) is 2. The summed E-state index contributed by atoms with van der Waals surface area (Å²) in [5, 5.41) is 12.2. The molecular weight excluding hydrogens is 464 g/mol. The molecule has 11 heteroatoms. The molecule has 0 aliphatic rings. The Balaban J connectivity index is 1.82. The highest BCUT2D eigenvalue weighted by atomic mass is 35.5. The zero-order chi connectivity index (χ0) is 21.7. The number of halogens is 1. The van der Waals surface area contributed by atoms with Crippen molar-refractivity contribution in [1.82, 2.24) is 4.98 Å². The largest absolute Gasteiger partial charge is 0.298 e. The van der Waals surface area contributed by atoms with Crippen molar-refractivity contribution in [1.29, 1.82) is 5.26 Å². The van der Waals surface area contributed by atoms with Gasteiger partial charge in [0.15, 0.2) is 5.13 Å². The average Bonchev–Trinajstić information content (AvgIpc) is 3.05. The van der Waals surface area contributed by atoms with E-state index in [0.29, 0.717) is 15.8 Å². The van der Waals surface area contributed by atoms with Gasteiger partial charge in [0.25, 0.3) is 15.9 Å². The number of aromatic nitrogens is 1. The van der Waals surface area contributed by atoms with Crippen molar-refractivity contribution in [3.05, 3.63) is 64.8 Å². The lowest BCUT2D eigenvalue weighted by atomic mass is 10.2. The molecule has 30 heavy (non-hydrogen) atoms.